The van der Waals surface area contributed by atoms with E-state index in [4.69, 9.17) is 11.6 Å². The zero-order chi connectivity index (χ0) is 20.5. The third kappa shape index (κ3) is 4.65. The van der Waals surface area contributed by atoms with Crippen molar-refractivity contribution in [3.05, 3.63) is 47.2 Å². The number of thioether (sulfide) groups is 1. The smallest absolute Gasteiger partial charge is 0.237 e. The molecule has 0 saturated heterocycles. The van der Waals surface area contributed by atoms with Crippen LogP contribution in [0, 0.1) is 5.82 Å². The van der Waals surface area contributed by atoms with Gasteiger partial charge in [-0.2, -0.15) is 0 Å². The van der Waals surface area contributed by atoms with Gasteiger partial charge in [0.05, 0.1) is 27.3 Å². The van der Waals surface area contributed by atoms with E-state index in [1.165, 1.54) is 36.0 Å². The van der Waals surface area contributed by atoms with Crippen molar-refractivity contribution in [1.82, 2.24) is 0 Å². The maximum Gasteiger partial charge on any atom is 0.237 e. The first-order chi connectivity index (χ1) is 13.2. The zero-order valence-corrected chi connectivity index (χ0v) is 17.1. The molecule has 0 radical (unpaired) electrons. The number of amides is 2. The minimum absolute atomic E-state index is 0.00664. The Morgan fingerprint density at radius 3 is 2.75 bits per heavy atom. The Morgan fingerprint density at radius 2 is 2.04 bits per heavy atom. The summed E-state index contributed by atoms with van der Waals surface area (Å²) < 4.78 is 38.8. The Balaban J connectivity index is 1.68. The summed E-state index contributed by atoms with van der Waals surface area (Å²) in [6.07, 6.45) is -0.348. The summed E-state index contributed by atoms with van der Waals surface area (Å²) in [6.45, 7) is 1.76. The van der Waals surface area contributed by atoms with Crippen LogP contribution in [0.15, 0.2) is 46.2 Å². The quantitative estimate of drug-likeness (QED) is 0.736. The predicted octanol–water partition coefficient (Wildman–Crippen LogP) is 3.71. The molecule has 0 spiro atoms. The van der Waals surface area contributed by atoms with Crippen molar-refractivity contribution < 1.29 is 22.4 Å². The van der Waals surface area contributed by atoms with Crippen LogP contribution in [0.5, 0.6) is 0 Å². The van der Waals surface area contributed by atoms with Gasteiger partial charge in [-0.25, -0.2) is 12.8 Å². The first-order valence-corrected chi connectivity index (χ1v) is 11.2. The number of nitrogens with one attached hydrogen (secondary N) is 2. The van der Waals surface area contributed by atoms with E-state index in [0.717, 1.165) is 11.0 Å². The van der Waals surface area contributed by atoms with Gasteiger partial charge in [-0.3, -0.25) is 9.59 Å². The van der Waals surface area contributed by atoms with E-state index >= 15 is 0 Å². The molecule has 1 aliphatic heterocycles. The SMILES string of the molecule is C[C@@H]1Sc2ccc(S(=O)(=O)CCC(=O)Nc3ccc(Cl)cc3F)cc2NC1=O. The highest BCUT2D eigenvalue weighted by Gasteiger charge is 2.25. The lowest BCUT2D eigenvalue weighted by molar-refractivity contribution is -0.116. The lowest BCUT2D eigenvalue weighted by Crippen LogP contribution is -2.26. The second kappa shape index (κ2) is 8.10. The van der Waals surface area contributed by atoms with Crippen LogP contribution in [0.25, 0.3) is 0 Å². The fraction of sp³-hybridized carbons (Fsp3) is 0.222. The lowest BCUT2D eigenvalue weighted by Gasteiger charge is -2.21. The standard InChI is InChI=1S/C18H16ClFN2O4S2/c1-10-18(24)22-15-9-12(3-5-16(15)27-10)28(25,26)7-6-17(23)21-14-4-2-11(19)8-13(14)20/h2-5,8-10H,6-7H2,1H3,(H,21,23)(H,22,24)/t10-/m0/s1. The van der Waals surface area contributed by atoms with Crippen molar-refractivity contribution in [3.63, 3.8) is 0 Å². The van der Waals surface area contributed by atoms with Gasteiger partial charge in [0.25, 0.3) is 0 Å². The molecule has 0 aromatic heterocycles. The maximum atomic E-state index is 13.7. The highest BCUT2D eigenvalue weighted by atomic mass is 35.5. The maximum absolute atomic E-state index is 13.7. The molecule has 1 atom stereocenters. The van der Waals surface area contributed by atoms with Crippen LogP contribution in [0.1, 0.15) is 13.3 Å². The van der Waals surface area contributed by atoms with Gasteiger partial charge in [-0.1, -0.05) is 11.6 Å². The topological polar surface area (TPSA) is 92.3 Å². The van der Waals surface area contributed by atoms with Gasteiger partial charge in [0.1, 0.15) is 5.82 Å². The van der Waals surface area contributed by atoms with Crippen LogP contribution in [0.2, 0.25) is 5.02 Å². The molecule has 2 N–H and O–H groups in total. The van der Waals surface area contributed by atoms with Crippen molar-refractivity contribution >= 4 is 56.4 Å². The summed E-state index contributed by atoms with van der Waals surface area (Å²) in [6, 6.07) is 8.23. The fourth-order valence-electron chi connectivity index (χ4n) is 2.53. The zero-order valence-electron chi connectivity index (χ0n) is 14.7. The molecule has 0 bridgehead atoms. The Bertz CT molecular complexity index is 1060. The first kappa shape index (κ1) is 20.6. The molecule has 148 valence electrons. The number of fused-ring (bicyclic) bond motifs is 1. The highest BCUT2D eigenvalue weighted by molar-refractivity contribution is 8.01. The second-order valence-electron chi connectivity index (χ2n) is 6.15. The van der Waals surface area contributed by atoms with Gasteiger partial charge < -0.3 is 10.6 Å². The van der Waals surface area contributed by atoms with E-state index in [-0.39, 0.29) is 33.2 Å². The summed E-state index contributed by atoms with van der Waals surface area (Å²) in [5.41, 5.74) is 0.358. The average molecular weight is 443 g/mol. The van der Waals surface area contributed by atoms with E-state index in [1.807, 2.05) is 0 Å². The Morgan fingerprint density at radius 1 is 1.29 bits per heavy atom. The third-order valence-corrected chi connectivity index (χ3v) is 7.17. The Hall–Kier alpha value is -2.10. The van der Waals surface area contributed by atoms with E-state index in [1.54, 1.807) is 13.0 Å². The van der Waals surface area contributed by atoms with Crippen molar-refractivity contribution in [1.29, 1.82) is 0 Å². The number of carbonyl (C=O) groups is 2. The van der Waals surface area contributed by atoms with E-state index in [0.29, 0.717) is 5.69 Å². The molecular formula is C18H16ClFN2O4S2. The molecular weight excluding hydrogens is 427 g/mol. The molecule has 0 aliphatic carbocycles. The van der Waals surface area contributed by atoms with Crippen LogP contribution in [0.4, 0.5) is 15.8 Å². The van der Waals surface area contributed by atoms with Crippen molar-refractivity contribution in [3.8, 4) is 0 Å². The first-order valence-electron chi connectivity index (χ1n) is 8.25. The average Bonchev–Trinajstić information content (AvgIpc) is 2.63. The second-order valence-corrected chi connectivity index (χ2v) is 10.1. The summed E-state index contributed by atoms with van der Waals surface area (Å²) in [5, 5.41) is 4.93. The molecule has 1 heterocycles. The third-order valence-electron chi connectivity index (χ3n) is 4.04. The highest BCUT2D eigenvalue weighted by Crippen LogP contribution is 2.36. The molecule has 2 aromatic rings. The minimum atomic E-state index is -3.77. The van der Waals surface area contributed by atoms with Crippen molar-refractivity contribution in [2.75, 3.05) is 16.4 Å². The molecule has 3 rings (SSSR count). The number of carbonyl (C=O) groups excluding carboxylic acids is 2. The normalized spacial score (nSPS) is 16.2. The van der Waals surface area contributed by atoms with Gasteiger partial charge in [-0.05, 0) is 43.3 Å². The van der Waals surface area contributed by atoms with Crippen LogP contribution in [0.3, 0.4) is 0 Å². The largest absolute Gasteiger partial charge is 0.324 e. The fourth-order valence-corrected chi connectivity index (χ4v) is 4.88. The van der Waals surface area contributed by atoms with Gasteiger partial charge in [-0.15, -0.1) is 11.8 Å². The van der Waals surface area contributed by atoms with Crippen LogP contribution in [-0.2, 0) is 19.4 Å². The molecule has 0 saturated carbocycles. The van der Waals surface area contributed by atoms with Crippen molar-refractivity contribution in [2.45, 2.75) is 28.4 Å². The van der Waals surface area contributed by atoms with Gasteiger partial charge >= 0.3 is 0 Å². The number of sulfone groups is 1. The van der Waals surface area contributed by atoms with E-state index < -0.39 is 27.3 Å². The summed E-state index contributed by atoms with van der Waals surface area (Å²) in [7, 11) is -3.77. The molecule has 0 fully saturated rings. The molecule has 0 unspecified atom stereocenters. The monoisotopic (exact) mass is 442 g/mol. The molecule has 10 heteroatoms. The molecule has 2 aromatic carbocycles. The van der Waals surface area contributed by atoms with Gasteiger partial charge in [0.2, 0.25) is 11.8 Å². The summed E-state index contributed by atoms with van der Waals surface area (Å²) in [4.78, 5) is 24.6. The summed E-state index contributed by atoms with van der Waals surface area (Å²) in [5.74, 6) is -2.00. The van der Waals surface area contributed by atoms with Crippen molar-refractivity contribution in [2.24, 2.45) is 0 Å². The molecule has 2 amide bonds. The lowest BCUT2D eigenvalue weighted by atomic mass is 10.3. The van der Waals surface area contributed by atoms with Crippen LogP contribution < -0.4 is 10.6 Å². The molecule has 1 aliphatic rings. The number of benzene rings is 2. The number of halogens is 2. The molecule has 6 nitrogen and oxygen atoms in total. The number of rotatable bonds is 5. The van der Waals surface area contributed by atoms with Gasteiger partial charge in [0.15, 0.2) is 9.84 Å². The summed E-state index contributed by atoms with van der Waals surface area (Å²) >= 11 is 7.00. The van der Waals surface area contributed by atoms with Crippen LogP contribution >= 0.6 is 23.4 Å². The van der Waals surface area contributed by atoms with E-state index in [9.17, 15) is 22.4 Å². The number of hydrogen-bond donors (Lipinski definition) is 2. The number of anilines is 2. The Labute approximate surface area is 170 Å². The Kier molecular flexibility index (Phi) is 5.97. The van der Waals surface area contributed by atoms with Gasteiger partial charge in [0, 0.05) is 16.3 Å². The number of hydrogen-bond acceptors (Lipinski definition) is 5. The van der Waals surface area contributed by atoms with Crippen LogP contribution in [-0.4, -0.2) is 31.2 Å². The predicted molar refractivity (Wildman–Crippen MR) is 107 cm³/mol. The molecule has 28 heavy (non-hydrogen) atoms. The minimum Gasteiger partial charge on any atom is -0.324 e. The van der Waals surface area contributed by atoms with E-state index in [2.05, 4.69) is 10.6 Å².